The molecule has 1 aliphatic carbocycles. The van der Waals surface area contributed by atoms with E-state index in [4.69, 9.17) is 0 Å². The van der Waals surface area contributed by atoms with Crippen LogP contribution in [0, 0.1) is 11.8 Å². The molecule has 2 aromatic rings. The molecule has 152 valence electrons. The molecule has 0 unspecified atom stereocenters. The zero-order chi connectivity index (χ0) is 19.5. The van der Waals surface area contributed by atoms with Crippen LogP contribution < -0.4 is 0 Å². The quantitative estimate of drug-likeness (QED) is 0.684. The Balaban J connectivity index is 1.36. The van der Waals surface area contributed by atoms with Crippen molar-refractivity contribution < 1.29 is 4.79 Å². The summed E-state index contributed by atoms with van der Waals surface area (Å²) in [5.74, 6) is 1.54. The molecule has 4 atom stereocenters. The first-order valence-electron chi connectivity index (χ1n) is 11.5. The highest BCUT2D eigenvalue weighted by Crippen LogP contribution is 2.45. The third-order valence-corrected chi connectivity index (χ3v) is 8.09. The summed E-state index contributed by atoms with van der Waals surface area (Å²) in [5, 5.41) is 1.16. The van der Waals surface area contributed by atoms with Crippen molar-refractivity contribution in [3.8, 4) is 0 Å². The zero-order valence-corrected chi connectivity index (χ0v) is 17.4. The molecule has 1 aromatic heterocycles. The first-order valence-corrected chi connectivity index (χ1v) is 11.5. The predicted molar refractivity (Wildman–Crippen MR) is 116 cm³/mol. The second-order valence-electron chi connectivity index (χ2n) is 9.65. The number of amides is 1. The molecule has 4 nitrogen and oxygen atoms in total. The van der Waals surface area contributed by atoms with Crippen molar-refractivity contribution in [2.75, 3.05) is 19.6 Å². The maximum absolute atomic E-state index is 13.8. The molecule has 3 saturated heterocycles. The molecule has 0 saturated carbocycles. The van der Waals surface area contributed by atoms with Gasteiger partial charge >= 0.3 is 0 Å². The third kappa shape index (κ3) is 2.72. The second kappa shape index (κ2) is 6.73. The summed E-state index contributed by atoms with van der Waals surface area (Å²) in [7, 11) is 2.03. The number of benzene rings is 1. The number of carbonyl (C=O) groups excluding carboxylic acids is 1. The lowest BCUT2D eigenvalue weighted by atomic mass is 9.68. The predicted octanol–water partition coefficient (Wildman–Crippen LogP) is 4.21. The van der Waals surface area contributed by atoms with Gasteiger partial charge in [-0.25, -0.2) is 0 Å². The number of hydrogen-bond acceptors (Lipinski definition) is 2. The lowest BCUT2D eigenvalue weighted by Gasteiger charge is -2.54. The lowest BCUT2D eigenvalue weighted by molar-refractivity contribution is 0.00123. The highest BCUT2D eigenvalue weighted by atomic mass is 16.2. The van der Waals surface area contributed by atoms with E-state index in [2.05, 4.69) is 50.8 Å². The summed E-state index contributed by atoms with van der Waals surface area (Å²) in [4.78, 5) is 18.7. The summed E-state index contributed by atoms with van der Waals surface area (Å²) >= 11 is 0. The Hall–Kier alpha value is -2.07. The molecular weight excluding hydrogens is 358 g/mol. The fourth-order valence-corrected chi connectivity index (χ4v) is 6.84. The molecule has 0 radical (unpaired) electrons. The topological polar surface area (TPSA) is 28.5 Å². The van der Waals surface area contributed by atoms with Crippen LogP contribution in [0.4, 0.5) is 0 Å². The third-order valence-electron chi connectivity index (χ3n) is 8.09. The van der Waals surface area contributed by atoms with Crippen LogP contribution in [0.1, 0.15) is 49.0 Å². The number of carbonyl (C=O) groups is 1. The zero-order valence-electron chi connectivity index (χ0n) is 17.4. The van der Waals surface area contributed by atoms with Crippen LogP contribution in [-0.2, 0) is 7.05 Å². The van der Waals surface area contributed by atoms with Crippen molar-refractivity contribution in [3.63, 3.8) is 0 Å². The van der Waals surface area contributed by atoms with Crippen LogP contribution in [-0.4, -0.2) is 52.0 Å². The van der Waals surface area contributed by atoms with Crippen molar-refractivity contribution >= 4 is 16.8 Å². The van der Waals surface area contributed by atoms with E-state index in [9.17, 15) is 4.79 Å². The Labute approximate surface area is 173 Å². The van der Waals surface area contributed by atoms with Crippen LogP contribution in [0.5, 0.6) is 0 Å². The summed E-state index contributed by atoms with van der Waals surface area (Å²) in [6.45, 7) is 3.33. The number of rotatable bonds is 1. The fraction of sp³-hybridized carbons (Fsp3) is 0.560. The standard InChI is InChI=1S/C25H31N3O/c1-26-21-9-3-2-7-17(21)15-23(26)25(29)28-12-6-8-18-13-19-14-20(24(18)28)16-27-11-5-4-10-22(19)27/h2-3,7,9,13,15,19-20,22,24H,4-6,8,10-12,14,16H2,1H3/t19-,20+,22-,24-/m1/s1. The largest absolute Gasteiger partial charge is 0.340 e. The Morgan fingerprint density at radius 2 is 2.00 bits per heavy atom. The van der Waals surface area contributed by atoms with Gasteiger partial charge in [0.25, 0.3) is 5.91 Å². The number of nitrogens with zero attached hydrogens (tertiary/aromatic N) is 3. The summed E-state index contributed by atoms with van der Waals surface area (Å²) < 4.78 is 2.09. The van der Waals surface area contributed by atoms with Gasteiger partial charge in [0.05, 0.1) is 6.04 Å². The van der Waals surface area contributed by atoms with Crippen molar-refractivity contribution in [2.45, 2.75) is 50.6 Å². The van der Waals surface area contributed by atoms with Gasteiger partial charge in [-0.2, -0.15) is 0 Å². The van der Waals surface area contributed by atoms with Gasteiger partial charge in [-0.3, -0.25) is 9.69 Å². The second-order valence-corrected chi connectivity index (χ2v) is 9.65. The summed E-state index contributed by atoms with van der Waals surface area (Å²) in [6.07, 6.45) is 10.3. The lowest BCUT2D eigenvalue weighted by Crippen LogP contribution is -2.60. The van der Waals surface area contributed by atoms with Crippen LogP contribution in [0.25, 0.3) is 10.9 Å². The van der Waals surface area contributed by atoms with E-state index in [-0.39, 0.29) is 5.91 Å². The minimum absolute atomic E-state index is 0.221. The molecule has 6 rings (SSSR count). The minimum atomic E-state index is 0.221. The number of piperidine rings is 3. The Kier molecular flexibility index (Phi) is 4.12. The van der Waals surface area contributed by atoms with Crippen molar-refractivity contribution in [1.29, 1.82) is 0 Å². The highest BCUT2D eigenvalue weighted by molar-refractivity contribution is 5.99. The Bertz CT molecular complexity index is 989. The first kappa shape index (κ1) is 17.8. The van der Waals surface area contributed by atoms with E-state index in [1.165, 1.54) is 45.2 Å². The minimum Gasteiger partial charge on any atom is -0.340 e. The number of para-hydroxylation sites is 1. The SMILES string of the molecule is Cn1c(C(=O)N2CCCC3=C[C@@H]4C[C@@H](CN5CCCC[C@H]45)[C@@H]32)cc2ccccc21. The molecule has 4 heteroatoms. The maximum Gasteiger partial charge on any atom is 0.271 e. The molecule has 3 aliphatic heterocycles. The first-order chi connectivity index (χ1) is 14.2. The van der Waals surface area contributed by atoms with Gasteiger partial charge in [-0.05, 0) is 62.6 Å². The average Bonchev–Trinajstić information content (AvgIpc) is 3.10. The molecule has 0 N–H and O–H groups in total. The highest BCUT2D eigenvalue weighted by Gasteiger charge is 2.47. The number of aromatic nitrogens is 1. The smallest absolute Gasteiger partial charge is 0.271 e. The number of likely N-dealkylation sites (tertiary alicyclic amines) is 1. The molecular formula is C25H31N3O. The summed E-state index contributed by atoms with van der Waals surface area (Å²) in [6, 6.07) is 11.5. The van der Waals surface area contributed by atoms with Crippen molar-refractivity contribution in [1.82, 2.24) is 14.4 Å². The molecule has 1 amide bonds. The van der Waals surface area contributed by atoms with E-state index in [1.54, 1.807) is 5.57 Å². The average molecular weight is 390 g/mol. The molecule has 3 fully saturated rings. The molecule has 0 spiro atoms. The van der Waals surface area contributed by atoms with Gasteiger partial charge in [0.2, 0.25) is 0 Å². The van der Waals surface area contributed by atoms with E-state index < -0.39 is 0 Å². The number of hydrogen-bond donors (Lipinski definition) is 0. The van der Waals surface area contributed by atoms with Gasteiger partial charge in [0.1, 0.15) is 5.69 Å². The molecule has 29 heavy (non-hydrogen) atoms. The fourth-order valence-electron chi connectivity index (χ4n) is 6.84. The van der Waals surface area contributed by atoms with Crippen molar-refractivity contribution in [2.24, 2.45) is 18.9 Å². The maximum atomic E-state index is 13.8. The normalized spacial score (nSPS) is 31.9. The van der Waals surface area contributed by atoms with Gasteiger partial charge in [0.15, 0.2) is 0 Å². The van der Waals surface area contributed by atoms with Gasteiger partial charge in [-0.15, -0.1) is 0 Å². The van der Waals surface area contributed by atoms with Crippen LogP contribution in [0.15, 0.2) is 42.0 Å². The van der Waals surface area contributed by atoms with E-state index >= 15 is 0 Å². The van der Waals surface area contributed by atoms with E-state index in [0.717, 1.165) is 35.6 Å². The Morgan fingerprint density at radius 1 is 1.10 bits per heavy atom. The number of aryl methyl sites for hydroxylation is 1. The number of fused-ring (bicyclic) bond motifs is 7. The Morgan fingerprint density at radius 3 is 2.90 bits per heavy atom. The van der Waals surface area contributed by atoms with E-state index in [1.807, 2.05) is 7.05 Å². The molecule has 4 aliphatic rings. The van der Waals surface area contributed by atoms with Crippen LogP contribution >= 0.6 is 0 Å². The molecule has 4 heterocycles. The van der Waals surface area contributed by atoms with Gasteiger partial charge < -0.3 is 9.47 Å². The monoisotopic (exact) mass is 389 g/mol. The molecule has 2 bridgehead atoms. The van der Waals surface area contributed by atoms with Crippen LogP contribution in [0.2, 0.25) is 0 Å². The van der Waals surface area contributed by atoms with Crippen LogP contribution in [0.3, 0.4) is 0 Å². The van der Waals surface area contributed by atoms with E-state index in [0.29, 0.717) is 17.9 Å². The van der Waals surface area contributed by atoms with Crippen molar-refractivity contribution in [3.05, 3.63) is 47.7 Å². The van der Waals surface area contributed by atoms with Gasteiger partial charge in [0, 0.05) is 37.1 Å². The molecule has 1 aromatic carbocycles. The summed E-state index contributed by atoms with van der Waals surface area (Å²) in [5.41, 5.74) is 3.54. The van der Waals surface area contributed by atoms with Gasteiger partial charge in [-0.1, -0.05) is 36.3 Å².